The van der Waals surface area contributed by atoms with Crippen molar-refractivity contribution in [3.63, 3.8) is 0 Å². The summed E-state index contributed by atoms with van der Waals surface area (Å²) in [6.07, 6.45) is 0. The largest absolute Gasteiger partial charge is 0.456 e. The number of fused-ring (bicyclic) bond motifs is 2. The molecule has 0 radical (unpaired) electrons. The topological polar surface area (TPSA) is 16.4 Å². The highest BCUT2D eigenvalue weighted by molar-refractivity contribution is 5.97. The summed E-state index contributed by atoms with van der Waals surface area (Å²) in [6, 6.07) is 80.1. The van der Waals surface area contributed by atoms with E-state index in [1.165, 1.54) is 38.6 Å². The molecule has 0 bridgehead atoms. The van der Waals surface area contributed by atoms with Crippen LogP contribution < -0.4 is 4.90 Å². The van der Waals surface area contributed by atoms with Crippen LogP contribution in [0.25, 0.3) is 77.6 Å². The molecule has 0 fully saturated rings. The first-order valence-electron chi connectivity index (χ1n) is 19.1. The molecule has 0 spiro atoms. The lowest BCUT2D eigenvalue weighted by Crippen LogP contribution is -2.11. The third-order valence-corrected chi connectivity index (χ3v) is 10.7. The van der Waals surface area contributed by atoms with Crippen molar-refractivity contribution in [3.8, 4) is 55.8 Å². The Hall–Kier alpha value is -7.42. The summed E-state index contributed by atoms with van der Waals surface area (Å²) in [5, 5.41) is 3.60. The maximum atomic E-state index is 6.35. The van der Waals surface area contributed by atoms with Crippen LogP contribution in [-0.2, 0) is 0 Å². The highest BCUT2D eigenvalue weighted by Gasteiger charge is 2.19. The number of rotatable bonds is 8. The summed E-state index contributed by atoms with van der Waals surface area (Å²) in [7, 11) is 0. The third-order valence-electron chi connectivity index (χ3n) is 10.7. The van der Waals surface area contributed by atoms with Crippen LogP contribution in [0.1, 0.15) is 0 Å². The van der Waals surface area contributed by atoms with Crippen LogP contribution in [0.4, 0.5) is 17.1 Å². The van der Waals surface area contributed by atoms with Gasteiger partial charge >= 0.3 is 0 Å². The van der Waals surface area contributed by atoms with Gasteiger partial charge in [-0.25, -0.2) is 0 Å². The second-order valence-corrected chi connectivity index (χ2v) is 14.1. The number of hydrogen-bond acceptors (Lipinski definition) is 2. The van der Waals surface area contributed by atoms with Gasteiger partial charge in [0.15, 0.2) is 0 Å². The van der Waals surface area contributed by atoms with Crippen molar-refractivity contribution in [1.82, 2.24) is 0 Å². The lowest BCUT2D eigenvalue weighted by Gasteiger charge is -2.28. The van der Waals surface area contributed by atoms with Gasteiger partial charge in [0.05, 0.1) is 5.69 Å². The first-order valence-corrected chi connectivity index (χ1v) is 19.1. The fraction of sp³-hybridized carbons (Fsp3) is 0. The lowest BCUT2D eigenvalue weighted by atomic mass is 9.95. The Balaban J connectivity index is 1.07. The van der Waals surface area contributed by atoms with Crippen LogP contribution in [0.3, 0.4) is 0 Å². The zero-order valence-corrected chi connectivity index (χ0v) is 30.7. The van der Waals surface area contributed by atoms with Crippen molar-refractivity contribution >= 4 is 38.8 Å². The van der Waals surface area contributed by atoms with Gasteiger partial charge in [-0.2, -0.15) is 0 Å². The normalized spacial score (nSPS) is 11.2. The SMILES string of the molecule is c1ccc(-c2ccc(-c3ccccc3N(c3ccc(-c4cccc(-c5cccc6ccccc56)c4)cc3)c3cccc(-c4cc5ccccc5o4)c3)cc2)cc1. The molecule has 1 heterocycles. The summed E-state index contributed by atoms with van der Waals surface area (Å²) in [4.78, 5) is 2.36. The molecule has 0 aliphatic heterocycles. The number of nitrogens with zero attached hydrogens (tertiary/aromatic N) is 1. The average molecular weight is 716 g/mol. The minimum atomic E-state index is 0.846. The second kappa shape index (κ2) is 14.4. The molecule has 10 rings (SSSR count). The first kappa shape index (κ1) is 33.2. The zero-order valence-electron chi connectivity index (χ0n) is 30.7. The molecule has 0 amide bonds. The molecular weight excluding hydrogens is 679 g/mol. The Morgan fingerprint density at radius 3 is 1.73 bits per heavy atom. The van der Waals surface area contributed by atoms with Crippen LogP contribution in [0.15, 0.2) is 229 Å². The summed E-state index contributed by atoms with van der Waals surface area (Å²) in [5.41, 5.74) is 14.6. The number of furan rings is 1. The molecule has 0 atom stereocenters. The monoisotopic (exact) mass is 715 g/mol. The highest BCUT2D eigenvalue weighted by Crippen LogP contribution is 2.43. The Morgan fingerprint density at radius 2 is 0.875 bits per heavy atom. The average Bonchev–Trinajstić information content (AvgIpc) is 3.72. The molecule has 2 nitrogen and oxygen atoms in total. The van der Waals surface area contributed by atoms with Gasteiger partial charge in [-0.15, -0.1) is 0 Å². The van der Waals surface area contributed by atoms with Crippen molar-refractivity contribution in [2.75, 3.05) is 4.90 Å². The maximum absolute atomic E-state index is 6.35. The molecule has 56 heavy (non-hydrogen) atoms. The van der Waals surface area contributed by atoms with Crippen LogP contribution in [0, 0.1) is 0 Å². The van der Waals surface area contributed by atoms with E-state index in [9.17, 15) is 0 Å². The fourth-order valence-corrected chi connectivity index (χ4v) is 7.88. The lowest BCUT2D eigenvalue weighted by molar-refractivity contribution is 0.631. The predicted molar refractivity (Wildman–Crippen MR) is 236 cm³/mol. The Kier molecular flexibility index (Phi) is 8.55. The van der Waals surface area contributed by atoms with E-state index in [1.807, 2.05) is 18.2 Å². The van der Waals surface area contributed by atoms with Crippen molar-refractivity contribution in [1.29, 1.82) is 0 Å². The van der Waals surface area contributed by atoms with E-state index in [0.717, 1.165) is 56.0 Å². The molecule has 0 saturated carbocycles. The van der Waals surface area contributed by atoms with Gasteiger partial charge < -0.3 is 9.32 Å². The predicted octanol–water partition coefficient (Wildman–Crippen LogP) is 15.4. The molecule has 1 aromatic heterocycles. The van der Waals surface area contributed by atoms with Crippen molar-refractivity contribution < 1.29 is 4.42 Å². The van der Waals surface area contributed by atoms with Crippen molar-refractivity contribution in [3.05, 3.63) is 224 Å². The fourth-order valence-electron chi connectivity index (χ4n) is 7.88. The first-order chi connectivity index (χ1) is 27.7. The zero-order chi connectivity index (χ0) is 37.3. The van der Waals surface area contributed by atoms with Gasteiger partial charge in [-0.3, -0.25) is 0 Å². The number of benzene rings is 9. The molecular formula is C54H37NO. The number of anilines is 3. The molecule has 10 aromatic rings. The van der Waals surface area contributed by atoms with E-state index >= 15 is 0 Å². The third kappa shape index (κ3) is 6.34. The standard InChI is InChI=1S/C54H37NO/c1-2-13-38(14-3-1)39-27-29-42(30-28-39)51-23-7-8-25-52(51)55(48-21-11-20-45(36-48)54-37-46-16-5-9-26-53(46)56-54)47-33-31-40(32-34-47)43-18-10-19-44(35-43)50-24-12-17-41-15-4-6-22-49(41)50/h1-37H. The van der Waals surface area contributed by atoms with Gasteiger partial charge in [-0.1, -0.05) is 176 Å². The summed E-state index contributed by atoms with van der Waals surface area (Å²) in [5.74, 6) is 0.846. The second-order valence-electron chi connectivity index (χ2n) is 14.1. The van der Waals surface area contributed by atoms with Gasteiger partial charge in [0.1, 0.15) is 11.3 Å². The summed E-state index contributed by atoms with van der Waals surface area (Å²) in [6.45, 7) is 0. The minimum absolute atomic E-state index is 0.846. The van der Waals surface area contributed by atoms with Crippen LogP contribution in [-0.4, -0.2) is 0 Å². The summed E-state index contributed by atoms with van der Waals surface area (Å²) >= 11 is 0. The molecule has 0 N–H and O–H groups in total. The van der Waals surface area contributed by atoms with E-state index < -0.39 is 0 Å². The highest BCUT2D eigenvalue weighted by atomic mass is 16.3. The maximum Gasteiger partial charge on any atom is 0.135 e. The Bertz CT molecular complexity index is 2920. The Labute approximate surface area is 327 Å². The van der Waals surface area contributed by atoms with Crippen molar-refractivity contribution in [2.24, 2.45) is 0 Å². The van der Waals surface area contributed by atoms with Crippen LogP contribution >= 0.6 is 0 Å². The molecule has 264 valence electrons. The molecule has 0 saturated heterocycles. The van der Waals surface area contributed by atoms with Gasteiger partial charge in [-0.05, 0) is 98.2 Å². The smallest absolute Gasteiger partial charge is 0.135 e. The van der Waals surface area contributed by atoms with E-state index in [0.29, 0.717) is 0 Å². The molecule has 0 aliphatic rings. The van der Waals surface area contributed by atoms with Gasteiger partial charge in [0, 0.05) is 27.9 Å². The van der Waals surface area contributed by atoms with E-state index in [1.54, 1.807) is 0 Å². The Morgan fingerprint density at radius 1 is 0.304 bits per heavy atom. The molecule has 0 aliphatic carbocycles. The van der Waals surface area contributed by atoms with E-state index in [2.05, 4.69) is 211 Å². The van der Waals surface area contributed by atoms with E-state index in [4.69, 9.17) is 4.42 Å². The number of para-hydroxylation sites is 2. The minimum Gasteiger partial charge on any atom is -0.456 e. The molecule has 0 unspecified atom stereocenters. The molecule has 2 heteroatoms. The van der Waals surface area contributed by atoms with Gasteiger partial charge in [0.2, 0.25) is 0 Å². The van der Waals surface area contributed by atoms with E-state index in [-0.39, 0.29) is 0 Å². The number of hydrogen-bond donors (Lipinski definition) is 0. The quantitative estimate of drug-likeness (QED) is 0.156. The summed E-state index contributed by atoms with van der Waals surface area (Å²) < 4.78 is 6.35. The van der Waals surface area contributed by atoms with Crippen molar-refractivity contribution in [2.45, 2.75) is 0 Å². The molecule has 9 aromatic carbocycles. The van der Waals surface area contributed by atoms with Crippen LogP contribution in [0.5, 0.6) is 0 Å². The van der Waals surface area contributed by atoms with Crippen LogP contribution in [0.2, 0.25) is 0 Å². The van der Waals surface area contributed by atoms with Gasteiger partial charge in [0.25, 0.3) is 0 Å².